The summed E-state index contributed by atoms with van der Waals surface area (Å²) in [5, 5.41) is 21.5. The molecule has 150 valence electrons. The van der Waals surface area contributed by atoms with Crippen molar-refractivity contribution in [1.29, 1.82) is 0 Å². The Hall–Kier alpha value is -1.62. The Labute approximate surface area is 161 Å². The molecule has 0 aliphatic heterocycles. The number of carbonyl (C=O) groups excluding carboxylic acids is 2. The van der Waals surface area contributed by atoms with Crippen LogP contribution in [-0.4, -0.2) is 34.5 Å². The third kappa shape index (κ3) is 2.86. The van der Waals surface area contributed by atoms with Crippen molar-refractivity contribution in [2.45, 2.75) is 71.8 Å². The predicted molar refractivity (Wildman–Crippen MR) is 102 cm³/mol. The molecule has 0 bridgehead atoms. The van der Waals surface area contributed by atoms with E-state index >= 15 is 0 Å². The summed E-state index contributed by atoms with van der Waals surface area (Å²) in [7, 11) is 1.36. The lowest BCUT2D eigenvalue weighted by atomic mass is 9.43. The maximum atomic E-state index is 12.8. The maximum Gasteiger partial charge on any atom is 0.227 e. The fourth-order valence-electron chi connectivity index (χ4n) is 5.97. The molecule has 27 heavy (non-hydrogen) atoms. The molecule has 3 aliphatic carbocycles. The molecule has 0 saturated heterocycles. The van der Waals surface area contributed by atoms with E-state index < -0.39 is 22.9 Å². The van der Waals surface area contributed by atoms with Crippen LogP contribution in [0.15, 0.2) is 23.2 Å². The first-order chi connectivity index (χ1) is 12.5. The van der Waals surface area contributed by atoms with Gasteiger partial charge in [0.05, 0.1) is 12.7 Å². The van der Waals surface area contributed by atoms with Gasteiger partial charge in [-0.05, 0) is 61.7 Å². The second kappa shape index (κ2) is 6.47. The molecule has 0 spiro atoms. The summed E-state index contributed by atoms with van der Waals surface area (Å²) in [5.74, 6) is -0.936. The van der Waals surface area contributed by atoms with Crippen molar-refractivity contribution in [3.63, 3.8) is 0 Å². The Bertz CT molecular complexity index is 731. The van der Waals surface area contributed by atoms with E-state index in [-0.39, 0.29) is 28.1 Å². The van der Waals surface area contributed by atoms with Crippen molar-refractivity contribution in [2.75, 3.05) is 7.11 Å². The second-order valence-electron chi connectivity index (χ2n) is 9.49. The van der Waals surface area contributed by atoms with E-state index in [9.17, 15) is 19.8 Å². The summed E-state index contributed by atoms with van der Waals surface area (Å²) in [6.45, 7) is 8.45. The molecule has 5 heteroatoms. The van der Waals surface area contributed by atoms with E-state index in [1.54, 1.807) is 0 Å². The number of aliphatic hydroxyl groups is 2. The van der Waals surface area contributed by atoms with Gasteiger partial charge >= 0.3 is 0 Å². The highest BCUT2D eigenvalue weighted by Gasteiger charge is 2.60. The summed E-state index contributed by atoms with van der Waals surface area (Å²) >= 11 is 0. The topological polar surface area (TPSA) is 83.8 Å². The molecule has 2 N–H and O–H groups in total. The number of allylic oxidation sites excluding steroid dienone is 2. The normalized spacial score (nSPS) is 42.7. The molecule has 5 atom stereocenters. The Balaban J connectivity index is 2.02. The molecule has 3 aliphatic rings. The number of Topliss-reactive ketones (excluding diaryl/α,β-unsaturated/α-hetero) is 1. The fourth-order valence-corrected chi connectivity index (χ4v) is 5.97. The zero-order chi connectivity index (χ0) is 20.2. The number of aliphatic hydroxyl groups excluding tert-OH is 1. The van der Waals surface area contributed by atoms with Crippen LogP contribution in [0.1, 0.15) is 66.2 Å². The predicted octanol–water partition coefficient (Wildman–Crippen LogP) is 3.86. The fraction of sp³-hybridized carbons (Fsp3) is 0.727. The zero-order valence-corrected chi connectivity index (χ0v) is 17.1. The molecule has 0 aromatic heterocycles. The quantitative estimate of drug-likeness (QED) is 0.731. The van der Waals surface area contributed by atoms with Gasteiger partial charge in [0.2, 0.25) is 11.6 Å². The van der Waals surface area contributed by atoms with Crippen LogP contribution >= 0.6 is 0 Å². The van der Waals surface area contributed by atoms with Crippen molar-refractivity contribution in [3.05, 3.63) is 23.2 Å². The number of hydrogen-bond acceptors (Lipinski definition) is 5. The number of ether oxygens (including phenoxy) is 1. The van der Waals surface area contributed by atoms with Crippen LogP contribution in [0.25, 0.3) is 0 Å². The molecule has 0 aromatic rings. The lowest BCUT2D eigenvalue weighted by Gasteiger charge is -2.63. The molecule has 2 saturated carbocycles. The average Bonchev–Trinajstić information content (AvgIpc) is 2.60. The third-order valence-corrected chi connectivity index (χ3v) is 8.23. The van der Waals surface area contributed by atoms with E-state index in [4.69, 9.17) is 4.74 Å². The minimum atomic E-state index is -0.752. The van der Waals surface area contributed by atoms with E-state index in [1.165, 1.54) is 7.11 Å². The lowest BCUT2D eigenvalue weighted by Crippen LogP contribution is -2.60. The summed E-state index contributed by atoms with van der Waals surface area (Å²) in [6, 6.07) is 0. The Morgan fingerprint density at radius 1 is 1.19 bits per heavy atom. The second-order valence-corrected chi connectivity index (χ2v) is 9.49. The van der Waals surface area contributed by atoms with Crippen molar-refractivity contribution in [2.24, 2.45) is 22.7 Å². The van der Waals surface area contributed by atoms with Crippen molar-refractivity contribution in [3.8, 4) is 0 Å². The number of hydrogen-bond donors (Lipinski definition) is 2. The molecule has 0 heterocycles. The van der Waals surface area contributed by atoms with E-state index in [0.717, 1.165) is 38.2 Å². The molecular weight excluding hydrogens is 344 g/mol. The smallest absolute Gasteiger partial charge is 0.227 e. The van der Waals surface area contributed by atoms with Crippen LogP contribution in [0.5, 0.6) is 0 Å². The third-order valence-electron chi connectivity index (χ3n) is 8.23. The molecule has 0 aromatic carbocycles. The van der Waals surface area contributed by atoms with Crippen molar-refractivity contribution >= 4 is 11.6 Å². The first-order valence-corrected chi connectivity index (χ1v) is 9.97. The minimum Gasteiger partial charge on any atom is -0.504 e. The van der Waals surface area contributed by atoms with Gasteiger partial charge < -0.3 is 14.9 Å². The van der Waals surface area contributed by atoms with Gasteiger partial charge in [0.1, 0.15) is 0 Å². The lowest BCUT2D eigenvalue weighted by molar-refractivity contribution is -0.190. The van der Waals surface area contributed by atoms with Crippen LogP contribution in [-0.2, 0) is 14.3 Å². The summed E-state index contributed by atoms with van der Waals surface area (Å²) in [5.41, 5.74) is -1.14. The van der Waals surface area contributed by atoms with Gasteiger partial charge in [-0.25, -0.2) is 0 Å². The van der Waals surface area contributed by atoms with Gasteiger partial charge in [-0.3, -0.25) is 9.59 Å². The number of fused-ring (bicyclic) bond motifs is 1. The van der Waals surface area contributed by atoms with E-state index in [0.29, 0.717) is 12.3 Å². The Kier molecular flexibility index (Phi) is 4.82. The molecule has 2 fully saturated rings. The number of methoxy groups -OCH3 is 1. The van der Waals surface area contributed by atoms with Crippen LogP contribution < -0.4 is 0 Å². The summed E-state index contributed by atoms with van der Waals surface area (Å²) in [6.07, 6.45) is 5.98. The van der Waals surface area contributed by atoms with Crippen molar-refractivity contribution in [1.82, 2.24) is 0 Å². The van der Waals surface area contributed by atoms with Gasteiger partial charge in [-0.2, -0.15) is 0 Å². The van der Waals surface area contributed by atoms with Gasteiger partial charge in [0.15, 0.2) is 11.5 Å². The van der Waals surface area contributed by atoms with Gasteiger partial charge in [0.25, 0.3) is 0 Å². The first kappa shape index (κ1) is 20.1. The number of rotatable bonds is 3. The highest BCUT2D eigenvalue weighted by Crippen LogP contribution is 2.64. The number of ketones is 2. The molecule has 0 amide bonds. The highest BCUT2D eigenvalue weighted by atomic mass is 16.5. The van der Waals surface area contributed by atoms with Gasteiger partial charge in [0, 0.05) is 11.6 Å². The van der Waals surface area contributed by atoms with Crippen LogP contribution in [0.2, 0.25) is 0 Å². The largest absolute Gasteiger partial charge is 0.504 e. The first-order valence-electron chi connectivity index (χ1n) is 9.97. The van der Waals surface area contributed by atoms with Crippen LogP contribution in [0, 0.1) is 22.7 Å². The van der Waals surface area contributed by atoms with Gasteiger partial charge in [-0.15, -0.1) is 0 Å². The zero-order valence-electron chi connectivity index (χ0n) is 17.1. The standard InChI is InChI=1S/C22H32O5/c1-13-8-10-21(3)17(7-6-9-22(21,4)26)20(13,2)12-14-18(24)15(23)11-16(27-5)19(14)25/h11,13,17,24,26H,6-10,12H2,1-5H3/t13-,17-,20+,21+,22+/m0/s1. The Morgan fingerprint density at radius 3 is 2.48 bits per heavy atom. The van der Waals surface area contributed by atoms with Gasteiger partial charge in [-0.1, -0.05) is 27.2 Å². The monoisotopic (exact) mass is 376 g/mol. The van der Waals surface area contributed by atoms with Crippen LogP contribution in [0.4, 0.5) is 0 Å². The highest BCUT2D eigenvalue weighted by molar-refractivity contribution is 6.20. The average molecular weight is 376 g/mol. The minimum absolute atomic E-state index is 0.0155. The summed E-state index contributed by atoms with van der Waals surface area (Å²) < 4.78 is 5.07. The molecule has 3 rings (SSSR count). The molecular formula is C22H32O5. The van der Waals surface area contributed by atoms with E-state index in [2.05, 4.69) is 20.8 Å². The van der Waals surface area contributed by atoms with E-state index in [1.807, 2.05) is 6.92 Å². The number of carbonyl (C=O) groups is 2. The van der Waals surface area contributed by atoms with Crippen molar-refractivity contribution < 1.29 is 24.5 Å². The summed E-state index contributed by atoms with van der Waals surface area (Å²) in [4.78, 5) is 24.9. The molecule has 5 nitrogen and oxygen atoms in total. The molecule has 0 radical (unpaired) electrons. The van der Waals surface area contributed by atoms with Crippen LogP contribution in [0.3, 0.4) is 0 Å². The maximum absolute atomic E-state index is 12.8. The SMILES string of the molecule is COC1=CC(=O)C(O)=C(C[C@]2(C)[C@@H](C)CC[C@]3(C)[C@H]2CCC[C@@]3(C)O)C1=O. The Morgan fingerprint density at radius 2 is 1.85 bits per heavy atom. The molecule has 0 unspecified atom stereocenters.